The lowest BCUT2D eigenvalue weighted by atomic mass is 9.99. The van der Waals surface area contributed by atoms with Crippen molar-refractivity contribution in [3.8, 4) is 0 Å². The second-order valence-corrected chi connectivity index (χ2v) is 3.71. The summed E-state index contributed by atoms with van der Waals surface area (Å²) in [7, 11) is 0. The third-order valence-corrected chi connectivity index (χ3v) is 2.63. The van der Waals surface area contributed by atoms with Crippen molar-refractivity contribution in [3.05, 3.63) is 54.0 Å². The van der Waals surface area contributed by atoms with Gasteiger partial charge in [0.05, 0.1) is 19.0 Å². The molecule has 1 aromatic carbocycles. The number of nitrogens with zero attached hydrogens (tertiary/aromatic N) is 3. The van der Waals surface area contributed by atoms with E-state index in [0.29, 0.717) is 13.2 Å². The van der Waals surface area contributed by atoms with Crippen molar-refractivity contribution in [2.75, 3.05) is 0 Å². The van der Waals surface area contributed by atoms with Crippen LogP contribution in [-0.2, 0) is 17.9 Å². The maximum Gasteiger partial charge on any atom is 0.113 e. The topological polar surface area (TPSA) is 39.9 Å². The molecule has 2 heterocycles. The molecule has 2 aromatic rings. The average Bonchev–Trinajstić information content (AvgIpc) is 2.82. The van der Waals surface area contributed by atoms with Gasteiger partial charge in [0.1, 0.15) is 6.61 Å². The first kappa shape index (κ1) is 9.15. The summed E-state index contributed by atoms with van der Waals surface area (Å²) in [4.78, 5) is 0. The monoisotopic (exact) mass is 213 g/mol. The van der Waals surface area contributed by atoms with E-state index in [2.05, 4.69) is 22.4 Å². The molecule has 0 fully saturated rings. The van der Waals surface area contributed by atoms with Crippen LogP contribution >= 0.6 is 0 Å². The van der Waals surface area contributed by atoms with Gasteiger partial charge in [0, 0.05) is 11.8 Å². The van der Waals surface area contributed by atoms with Gasteiger partial charge in [-0.15, -0.1) is 5.10 Å². The van der Waals surface area contributed by atoms with Gasteiger partial charge < -0.3 is 4.74 Å². The number of benzene rings is 1. The first-order chi connectivity index (χ1) is 7.93. The highest BCUT2D eigenvalue weighted by molar-refractivity contribution is 5.68. The minimum absolute atomic E-state index is 0.650. The fraction of sp³-hybridized carbons (Fsp3) is 0.167. The fourth-order valence-corrected chi connectivity index (χ4v) is 1.87. The summed E-state index contributed by atoms with van der Waals surface area (Å²) in [5, 5.41) is 7.74. The number of allylic oxidation sites excluding steroid dienone is 1. The summed E-state index contributed by atoms with van der Waals surface area (Å²) >= 11 is 0. The van der Waals surface area contributed by atoms with Crippen molar-refractivity contribution >= 4 is 5.57 Å². The van der Waals surface area contributed by atoms with Crippen LogP contribution < -0.4 is 0 Å². The zero-order valence-corrected chi connectivity index (χ0v) is 8.71. The quantitative estimate of drug-likeness (QED) is 0.764. The molecule has 0 radical (unpaired) electrons. The molecule has 0 saturated carbocycles. The van der Waals surface area contributed by atoms with E-state index in [1.807, 2.05) is 24.6 Å². The molecule has 4 nitrogen and oxygen atoms in total. The van der Waals surface area contributed by atoms with Crippen molar-refractivity contribution in [1.82, 2.24) is 15.0 Å². The van der Waals surface area contributed by atoms with Crippen LogP contribution in [-0.4, -0.2) is 15.0 Å². The molecule has 1 aromatic heterocycles. The molecule has 0 saturated heterocycles. The van der Waals surface area contributed by atoms with Crippen LogP contribution in [0.3, 0.4) is 0 Å². The first-order valence-electron chi connectivity index (χ1n) is 5.16. The van der Waals surface area contributed by atoms with E-state index in [-0.39, 0.29) is 0 Å². The van der Waals surface area contributed by atoms with Gasteiger partial charge in [-0.3, -0.25) is 0 Å². The highest BCUT2D eigenvalue weighted by atomic mass is 16.5. The van der Waals surface area contributed by atoms with E-state index in [9.17, 15) is 0 Å². The Hall–Kier alpha value is -2.10. The molecule has 0 unspecified atom stereocenters. The zero-order chi connectivity index (χ0) is 10.8. The van der Waals surface area contributed by atoms with E-state index in [1.54, 1.807) is 10.9 Å². The standard InChI is InChI=1S/C12H11N3O/c1-2-4-12-10(3-1)8-16-9-11(12)7-15-6-5-13-14-15/h1-6,9H,7-8H2. The molecule has 4 heteroatoms. The summed E-state index contributed by atoms with van der Waals surface area (Å²) < 4.78 is 7.22. The van der Waals surface area contributed by atoms with Crippen molar-refractivity contribution < 1.29 is 4.74 Å². The van der Waals surface area contributed by atoms with E-state index in [1.165, 1.54) is 11.1 Å². The Labute approximate surface area is 93.2 Å². The van der Waals surface area contributed by atoms with Gasteiger partial charge in [-0.2, -0.15) is 0 Å². The maximum atomic E-state index is 5.43. The Bertz CT molecular complexity index is 517. The Morgan fingerprint density at radius 1 is 1.31 bits per heavy atom. The van der Waals surface area contributed by atoms with Crippen molar-refractivity contribution in [3.63, 3.8) is 0 Å². The molecule has 1 aliphatic heterocycles. The van der Waals surface area contributed by atoms with Crippen LogP contribution in [0, 0.1) is 0 Å². The fourth-order valence-electron chi connectivity index (χ4n) is 1.87. The van der Waals surface area contributed by atoms with Crippen molar-refractivity contribution in [2.45, 2.75) is 13.2 Å². The van der Waals surface area contributed by atoms with Gasteiger partial charge in [0.15, 0.2) is 0 Å². The summed E-state index contributed by atoms with van der Waals surface area (Å²) in [6.45, 7) is 1.34. The van der Waals surface area contributed by atoms with Crippen molar-refractivity contribution in [1.29, 1.82) is 0 Å². The molecular formula is C12H11N3O. The van der Waals surface area contributed by atoms with E-state index < -0.39 is 0 Å². The van der Waals surface area contributed by atoms with Gasteiger partial charge in [0.2, 0.25) is 0 Å². The highest BCUT2D eigenvalue weighted by Crippen LogP contribution is 2.25. The summed E-state index contributed by atoms with van der Waals surface area (Å²) in [6, 6.07) is 8.27. The van der Waals surface area contributed by atoms with Gasteiger partial charge in [-0.25, -0.2) is 4.68 Å². The summed E-state index contributed by atoms with van der Waals surface area (Å²) in [5.41, 5.74) is 3.59. The average molecular weight is 213 g/mol. The number of hydrogen-bond acceptors (Lipinski definition) is 3. The van der Waals surface area contributed by atoms with Crippen LogP contribution in [0.1, 0.15) is 11.1 Å². The lowest BCUT2D eigenvalue weighted by Crippen LogP contribution is -2.08. The Morgan fingerprint density at radius 3 is 3.12 bits per heavy atom. The van der Waals surface area contributed by atoms with Gasteiger partial charge >= 0.3 is 0 Å². The number of aromatic nitrogens is 3. The number of hydrogen-bond donors (Lipinski definition) is 0. The highest BCUT2D eigenvalue weighted by Gasteiger charge is 2.13. The molecule has 0 spiro atoms. The predicted molar refractivity (Wildman–Crippen MR) is 59.2 cm³/mol. The minimum Gasteiger partial charge on any atom is -0.496 e. The van der Waals surface area contributed by atoms with Crippen LogP contribution in [0.4, 0.5) is 0 Å². The second-order valence-electron chi connectivity index (χ2n) is 3.71. The lowest BCUT2D eigenvalue weighted by molar-refractivity contribution is 0.231. The van der Waals surface area contributed by atoms with Crippen molar-refractivity contribution in [2.24, 2.45) is 0 Å². The maximum absolute atomic E-state index is 5.43. The molecule has 0 bridgehead atoms. The lowest BCUT2D eigenvalue weighted by Gasteiger charge is -2.17. The normalized spacial score (nSPS) is 13.9. The Balaban J connectivity index is 1.94. The summed E-state index contributed by atoms with van der Waals surface area (Å²) in [5.74, 6) is 0. The third-order valence-electron chi connectivity index (χ3n) is 2.63. The Kier molecular flexibility index (Phi) is 2.18. The minimum atomic E-state index is 0.650. The Morgan fingerprint density at radius 2 is 2.25 bits per heavy atom. The zero-order valence-electron chi connectivity index (χ0n) is 8.71. The molecule has 3 rings (SSSR count). The second kappa shape index (κ2) is 3.81. The summed E-state index contributed by atoms with van der Waals surface area (Å²) in [6.07, 6.45) is 5.33. The first-order valence-corrected chi connectivity index (χ1v) is 5.16. The van der Waals surface area contributed by atoms with E-state index in [4.69, 9.17) is 4.74 Å². The van der Waals surface area contributed by atoms with Crippen LogP contribution in [0.5, 0.6) is 0 Å². The molecule has 80 valence electrons. The largest absolute Gasteiger partial charge is 0.496 e. The predicted octanol–water partition coefficient (Wildman–Crippen LogP) is 1.85. The van der Waals surface area contributed by atoms with Gasteiger partial charge in [-0.05, 0) is 11.1 Å². The van der Waals surface area contributed by atoms with Crippen LogP contribution in [0.2, 0.25) is 0 Å². The van der Waals surface area contributed by atoms with E-state index >= 15 is 0 Å². The SMILES string of the molecule is C1=C(Cn2ccnn2)c2ccccc2CO1. The van der Waals surface area contributed by atoms with Crippen LogP contribution in [0.25, 0.3) is 5.57 Å². The number of rotatable bonds is 2. The molecule has 0 N–H and O–H groups in total. The van der Waals surface area contributed by atoms with Gasteiger partial charge in [-0.1, -0.05) is 29.5 Å². The molecule has 16 heavy (non-hydrogen) atoms. The van der Waals surface area contributed by atoms with Gasteiger partial charge in [0.25, 0.3) is 0 Å². The third kappa shape index (κ3) is 1.58. The smallest absolute Gasteiger partial charge is 0.113 e. The number of fused-ring (bicyclic) bond motifs is 1. The molecule has 0 atom stereocenters. The van der Waals surface area contributed by atoms with Crippen LogP contribution in [0.15, 0.2) is 42.9 Å². The molecular weight excluding hydrogens is 202 g/mol. The molecule has 1 aliphatic rings. The molecule has 0 amide bonds. The number of ether oxygens (including phenoxy) is 1. The molecule has 0 aliphatic carbocycles. The van der Waals surface area contributed by atoms with E-state index in [0.717, 1.165) is 5.57 Å².